The van der Waals surface area contributed by atoms with Crippen molar-refractivity contribution in [2.75, 3.05) is 33.2 Å². The van der Waals surface area contributed by atoms with Gasteiger partial charge in [-0.2, -0.15) is 0 Å². The van der Waals surface area contributed by atoms with Crippen LogP contribution in [0.15, 0.2) is 34.8 Å². The number of hydrogen-bond acceptors (Lipinski definition) is 4. The summed E-state index contributed by atoms with van der Waals surface area (Å²) in [5.41, 5.74) is 0.568. The molecule has 1 aromatic heterocycles. The zero-order chi connectivity index (χ0) is 19.2. The molecule has 1 fully saturated rings. The summed E-state index contributed by atoms with van der Waals surface area (Å²) in [6.07, 6.45) is 2.57. The lowest BCUT2D eigenvalue weighted by atomic mass is 10.0. The molecule has 2 heterocycles. The minimum absolute atomic E-state index is 0.0435. The molecule has 0 aliphatic carbocycles. The molecule has 2 aromatic rings. The van der Waals surface area contributed by atoms with Crippen LogP contribution in [0.4, 0.5) is 8.78 Å². The van der Waals surface area contributed by atoms with E-state index in [1.807, 2.05) is 12.3 Å². The standard InChI is InChI=1S/C19H25F2N5S/c1-3-17(15-5-4-14(20)12-16(15)21)25-7-9-26(10-8-25)19(22-2)24-13-18-23-6-11-27-18/h4-6,11-12,17H,3,7-10,13H2,1-2H3,(H,22,24). The second-order valence-corrected chi connectivity index (χ2v) is 7.42. The highest BCUT2D eigenvalue weighted by atomic mass is 32.1. The van der Waals surface area contributed by atoms with Gasteiger partial charge in [0, 0.05) is 62.5 Å². The van der Waals surface area contributed by atoms with E-state index >= 15 is 0 Å². The van der Waals surface area contributed by atoms with Gasteiger partial charge in [0.25, 0.3) is 0 Å². The number of thiazole rings is 1. The van der Waals surface area contributed by atoms with Crippen molar-refractivity contribution in [2.45, 2.75) is 25.9 Å². The molecule has 1 saturated heterocycles. The predicted octanol–water partition coefficient (Wildman–Crippen LogP) is 3.27. The van der Waals surface area contributed by atoms with E-state index in [4.69, 9.17) is 0 Å². The lowest BCUT2D eigenvalue weighted by Crippen LogP contribution is -2.53. The maximum atomic E-state index is 14.2. The van der Waals surface area contributed by atoms with E-state index in [1.54, 1.807) is 30.6 Å². The maximum Gasteiger partial charge on any atom is 0.194 e. The molecule has 146 valence electrons. The first-order chi connectivity index (χ1) is 13.1. The van der Waals surface area contributed by atoms with Crippen LogP contribution in [-0.2, 0) is 6.54 Å². The van der Waals surface area contributed by atoms with Gasteiger partial charge in [-0.15, -0.1) is 11.3 Å². The predicted molar refractivity (Wildman–Crippen MR) is 105 cm³/mol. The number of rotatable bonds is 5. The zero-order valence-corrected chi connectivity index (χ0v) is 16.5. The molecular formula is C19H25F2N5S. The maximum absolute atomic E-state index is 14.2. The van der Waals surface area contributed by atoms with Crippen LogP contribution in [0.25, 0.3) is 0 Å². The van der Waals surface area contributed by atoms with Crippen LogP contribution in [0, 0.1) is 11.6 Å². The van der Waals surface area contributed by atoms with Crippen molar-refractivity contribution in [3.05, 3.63) is 52.0 Å². The number of nitrogens with one attached hydrogen (secondary N) is 1. The molecule has 27 heavy (non-hydrogen) atoms. The Hall–Kier alpha value is -2.06. The highest BCUT2D eigenvalue weighted by Crippen LogP contribution is 2.28. The van der Waals surface area contributed by atoms with Crippen molar-refractivity contribution < 1.29 is 8.78 Å². The van der Waals surface area contributed by atoms with Gasteiger partial charge >= 0.3 is 0 Å². The first kappa shape index (κ1) is 19.7. The molecule has 3 rings (SSSR count). The largest absolute Gasteiger partial charge is 0.350 e. The highest BCUT2D eigenvalue weighted by molar-refractivity contribution is 7.09. The fourth-order valence-corrected chi connectivity index (χ4v) is 4.08. The second kappa shape index (κ2) is 9.23. The van der Waals surface area contributed by atoms with Gasteiger partial charge in [-0.05, 0) is 12.5 Å². The van der Waals surface area contributed by atoms with Gasteiger partial charge in [0.05, 0.1) is 6.54 Å². The van der Waals surface area contributed by atoms with Crippen molar-refractivity contribution in [1.82, 2.24) is 20.1 Å². The molecular weight excluding hydrogens is 368 g/mol. The van der Waals surface area contributed by atoms with Crippen LogP contribution in [0.3, 0.4) is 0 Å². The minimum atomic E-state index is -0.536. The average Bonchev–Trinajstić information content (AvgIpc) is 3.19. The number of hydrogen-bond donors (Lipinski definition) is 1. The number of benzene rings is 1. The van der Waals surface area contributed by atoms with Crippen LogP contribution in [-0.4, -0.2) is 54.0 Å². The summed E-state index contributed by atoms with van der Waals surface area (Å²) in [6.45, 7) is 5.89. The summed E-state index contributed by atoms with van der Waals surface area (Å²) >= 11 is 1.61. The van der Waals surface area contributed by atoms with E-state index in [0.717, 1.165) is 49.6 Å². The van der Waals surface area contributed by atoms with Crippen LogP contribution in [0.5, 0.6) is 0 Å². The monoisotopic (exact) mass is 393 g/mol. The molecule has 1 aliphatic heterocycles. The zero-order valence-electron chi connectivity index (χ0n) is 15.7. The number of aliphatic imine (C=N–C) groups is 1. The highest BCUT2D eigenvalue weighted by Gasteiger charge is 2.27. The van der Waals surface area contributed by atoms with E-state index in [1.165, 1.54) is 6.07 Å². The third-order valence-corrected chi connectivity index (χ3v) is 5.64. The average molecular weight is 394 g/mol. The van der Waals surface area contributed by atoms with Crippen LogP contribution in [0.1, 0.15) is 30.0 Å². The summed E-state index contributed by atoms with van der Waals surface area (Å²) in [7, 11) is 1.78. The molecule has 1 atom stereocenters. The Morgan fingerprint density at radius 3 is 2.67 bits per heavy atom. The number of nitrogens with zero attached hydrogens (tertiary/aromatic N) is 4. The Labute approximate surface area is 162 Å². The van der Waals surface area contributed by atoms with E-state index in [-0.39, 0.29) is 6.04 Å². The summed E-state index contributed by atoms with van der Waals surface area (Å²) in [5.74, 6) is -0.151. The fourth-order valence-electron chi connectivity index (χ4n) is 3.52. The minimum Gasteiger partial charge on any atom is -0.350 e. The molecule has 1 N–H and O–H groups in total. The molecule has 8 heteroatoms. The summed E-state index contributed by atoms with van der Waals surface area (Å²) in [5, 5.41) is 6.33. The van der Waals surface area contributed by atoms with Crippen molar-refractivity contribution in [3.63, 3.8) is 0 Å². The SMILES string of the molecule is CCC(c1ccc(F)cc1F)N1CCN(C(=NC)NCc2nccs2)CC1. The first-order valence-electron chi connectivity index (χ1n) is 9.15. The quantitative estimate of drug-likeness (QED) is 0.626. The number of aromatic nitrogens is 1. The molecule has 1 unspecified atom stereocenters. The van der Waals surface area contributed by atoms with E-state index in [9.17, 15) is 8.78 Å². The van der Waals surface area contributed by atoms with Gasteiger partial charge in [-0.1, -0.05) is 13.0 Å². The van der Waals surface area contributed by atoms with E-state index in [0.29, 0.717) is 12.1 Å². The second-order valence-electron chi connectivity index (χ2n) is 6.44. The summed E-state index contributed by atoms with van der Waals surface area (Å²) < 4.78 is 27.5. The summed E-state index contributed by atoms with van der Waals surface area (Å²) in [4.78, 5) is 13.1. The molecule has 0 bridgehead atoms. The molecule has 1 aliphatic rings. The first-order valence-corrected chi connectivity index (χ1v) is 10.0. The third kappa shape index (κ3) is 4.81. The Bertz CT molecular complexity index is 757. The normalized spacial score (nSPS) is 17.2. The number of halogens is 2. The topological polar surface area (TPSA) is 43.8 Å². The fraction of sp³-hybridized carbons (Fsp3) is 0.474. The molecule has 0 radical (unpaired) electrons. The Kier molecular flexibility index (Phi) is 6.73. The Morgan fingerprint density at radius 1 is 1.30 bits per heavy atom. The lowest BCUT2D eigenvalue weighted by molar-refractivity contribution is 0.124. The van der Waals surface area contributed by atoms with Gasteiger partial charge in [0.2, 0.25) is 0 Å². The Balaban J connectivity index is 1.59. The third-order valence-electron chi connectivity index (χ3n) is 4.86. The van der Waals surface area contributed by atoms with Gasteiger partial charge in [-0.3, -0.25) is 9.89 Å². The van der Waals surface area contributed by atoms with Crippen LogP contribution < -0.4 is 5.32 Å². The number of guanidine groups is 1. The smallest absolute Gasteiger partial charge is 0.194 e. The van der Waals surface area contributed by atoms with Gasteiger partial charge in [0.15, 0.2) is 5.96 Å². The molecule has 5 nitrogen and oxygen atoms in total. The number of piperazine rings is 1. The van der Waals surface area contributed by atoms with E-state index in [2.05, 4.69) is 25.1 Å². The van der Waals surface area contributed by atoms with Crippen molar-refractivity contribution in [2.24, 2.45) is 4.99 Å². The van der Waals surface area contributed by atoms with Crippen molar-refractivity contribution in [3.8, 4) is 0 Å². The van der Waals surface area contributed by atoms with E-state index < -0.39 is 11.6 Å². The van der Waals surface area contributed by atoms with Gasteiger partial charge in [0.1, 0.15) is 16.6 Å². The molecule has 0 saturated carbocycles. The lowest BCUT2D eigenvalue weighted by Gasteiger charge is -2.40. The molecule has 0 amide bonds. The molecule has 0 spiro atoms. The summed E-state index contributed by atoms with van der Waals surface area (Å²) in [6, 6.07) is 3.83. The molecule has 1 aromatic carbocycles. The van der Waals surface area contributed by atoms with Gasteiger partial charge < -0.3 is 10.2 Å². The van der Waals surface area contributed by atoms with Crippen molar-refractivity contribution in [1.29, 1.82) is 0 Å². The van der Waals surface area contributed by atoms with Gasteiger partial charge in [-0.25, -0.2) is 13.8 Å². The van der Waals surface area contributed by atoms with Crippen LogP contribution >= 0.6 is 11.3 Å². The van der Waals surface area contributed by atoms with Crippen molar-refractivity contribution >= 4 is 17.3 Å². The van der Waals surface area contributed by atoms with Crippen LogP contribution in [0.2, 0.25) is 0 Å². The Morgan fingerprint density at radius 2 is 2.07 bits per heavy atom.